The van der Waals surface area contributed by atoms with Gasteiger partial charge in [0.25, 0.3) is 0 Å². The van der Waals surface area contributed by atoms with Gasteiger partial charge in [0.05, 0.1) is 12.6 Å². The summed E-state index contributed by atoms with van der Waals surface area (Å²) >= 11 is 0. The number of nitrogens with two attached hydrogens (primary N) is 1. The van der Waals surface area contributed by atoms with Gasteiger partial charge in [0.1, 0.15) is 5.75 Å². The van der Waals surface area contributed by atoms with Crippen LogP contribution in [0.15, 0.2) is 24.8 Å². The minimum Gasteiger partial charge on any atom is -0.508 e. The van der Waals surface area contributed by atoms with Crippen molar-refractivity contribution in [3.63, 3.8) is 0 Å². The van der Waals surface area contributed by atoms with E-state index in [0.29, 0.717) is 5.56 Å². The Hall–Kier alpha value is -1.32. The highest BCUT2D eigenvalue weighted by atomic mass is 16.3. The SMILES string of the molecule is C=Cc1ccc(O)c([C@H](N)CO)c1. The zero-order valence-electron chi connectivity index (χ0n) is 7.27. The van der Waals surface area contributed by atoms with Crippen LogP contribution < -0.4 is 5.73 Å². The van der Waals surface area contributed by atoms with Crippen LogP contribution in [0.25, 0.3) is 6.08 Å². The average Bonchev–Trinajstić information content (AvgIpc) is 2.17. The fraction of sp³-hybridized carbons (Fsp3) is 0.200. The number of benzene rings is 1. The van der Waals surface area contributed by atoms with E-state index < -0.39 is 6.04 Å². The van der Waals surface area contributed by atoms with Gasteiger partial charge in [0, 0.05) is 5.56 Å². The van der Waals surface area contributed by atoms with Crippen LogP contribution in [0.5, 0.6) is 5.75 Å². The Morgan fingerprint density at radius 2 is 2.23 bits per heavy atom. The van der Waals surface area contributed by atoms with Crippen LogP contribution in [0.2, 0.25) is 0 Å². The zero-order chi connectivity index (χ0) is 9.84. The topological polar surface area (TPSA) is 66.5 Å². The molecule has 3 nitrogen and oxygen atoms in total. The molecular formula is C10H13NO2. The summed E-state index contributed by atoms with van der Waals surface area (Å²) in [6.45, 7) is 3.42. The van der Waals surface area contributed by atoms with E-state index in [-0.39, 0.29) is 12.4 Å². The van der Waals surface area contributed by atoms with Crippen molar-refractivity contribution < 1.29 is 10.2 Å². The lowest BCUT2D eigenvalue weighted by molar-refractivity contribution is 0.265. The molecule has 0 saturated carbocycles. The van der Waals surface area contributed by atoms with E-state index in [1.807, 2.05) is 0 Å². The van der Waals surface area contributed by atoms with E-state index in [9.17, 15) is 5.11 Å². The first-order valence-electron chi connectivity index (χ1n) is 4.01. The monoisotopic (exact) mass is 179 g/mol. The average molecular weight is 179 g/mol. The van der Waals surface area contributed by atoms with E-state index in [1.165, 1.54) is 0 Å². The van der Waals surface area contributed by atoms with Crippen LogP contribution in [0.1, 0.15) is 17.2 Å². The van der Waals surface area contributed by atoms with E-state index in [2.05, 4.69) is 6.58 Å². The van der Waals surface area contributed by atoms with Gasteiger partial charge in [-0.2, -0.15) is 0 Å². The van der Waals surface area contributed by atoms with Crippen molar-refractivity contribution in [2.75, 3.05) is 6.61 Å². The normalized spacial score (nSPS) is 12.5. The van der Waals surface area contributed by atoms with Crippen LogP contribution in [-0.4, -0.2) is 16.8 Å². The van der Waals surface area contributed by atoms with Gasteiger partial charge in [0.15, 0.2) is 0 Å². The number of aliphatic hydroxyl groups is 1. The highest BCUT2D eigenvalue weighted by molar-refractivity contribution is 5.52. The summed E-state index contributed by atoms with van der Waals surface area (Å²) in [7, 11) is 0. The Kier molecular flexibility index (Phi) is 3.06. The second-order valence-electron chi connectivity index (χ2n) is 2.81. The Bertz CT molecular complexity index is 310. The lowest BCUT2D eigenvalue weighted by Gasteiger charge is -2.11. The minimum atomic E-state index is -0.542. The Morgan fingerprint density at radius 3 is 2.77 bits per heavy atom. The standard InChI is InChI=1S/C10H13NO2/c1-2-7-3-4-10(13)8(5-7)9(11)6-12/h2-5,9,12-13H,1,6,11H2/t9-/m1/s1. The first-order chi connectivity index (χ1) is 6.19. The van der Waals surface area contributed by atoms with E-state index in [1.54, 1.807) is 24.3 Å². The third kappa shape index (κ3) is 2.08. The Morgan fingerprint density at radius 1 is 1.54 bits per heavy atom. The molecule has 1 rings (SSSR count). The van der Waals surface area contributed by atoms with Gasteiger partial charge in [-0.3, -0.25) is 0 Å². The second kappa shape index (κ2) is 4.07. The number of rotatable bonds is 3. The second-order valence-corrected chi connectivity index (χ2v) is 2.81. The maximum Gasteiger partial charge on any atom is 0.120 e. The van der Waals surface area contributed by atoms with Crippen LogP contribution in [0, 0.1) is 0 Å². The van der Waals surface area contributed by atoms with Crippen molar-refractivity contribution >= 4 is 6.08 Å². The molecule has 1 aromatic rings. The summed E-state index contributed by atoms with van der Waals surface area (Å²) in [5, 5.41) is 18.2. The predicted molar refractivity (Wildman–Crippen MR) is 52.2 cm³/mol. The summed E-state index contributed by atoms with van der Waals surface area (Å²) in [6.07, 6.45) is 1.66. The molecular weight excluding hydrogens is 166 g/mol. The molecule has 13 heavy (non-hydrogen) atoms. The molecule has 0 fully saturated rings. The van der Waals surface area contributed by atoms with Crippen molar-refractivity contribution in [2.45, 2.75) is 6.04 Å². The molecule has 3 heteroatoms. The maximum atomic E-state index is 9.41. The first-order valence-corrected chi connectivity index (χ1v) is 4.01. The molecule has 0 radical (unpaired) electrons. The summed E-state index contributed by atoms with van der Waals surface area (Å²) in [4.78, 5) is 0. The molecule has 1 atom stereocenters. The minimum absolute atomic E-state index is 0.104. The smallest absolute Gasteiger partial charge is 0.120 e. The molecule has 70 valence electrons. The van der Waals surface area contributed by atoms with Gasteiger partial charge < -0.3 is 15.9 Å². The summed E-state index contributed by atoms with van der Waals surface area (Å²) in [6, 6.07) is 4.45. The quantitative estimate of drug-likeness (QED) is 0.649. The highest BCUT2D eigenvalue weighted by Crippen LogP contribution is 2.23. The Labute approximate surface area is 77.1 Å². The summed E-state index contributed by atoms with van der Waals surface area (Å²) < 4.78 is 0. The molecule has 0 heterocycles. The van der Waals surface area contributed by atoms with Gasteiger partial charge in [-0.05, 0) is 17.7 Å². The van der Waals surface area contributed by atoms with Gasteiger partial charge >= 0.3 is 0 Å². The van der Waals surface area contributed by atoms with Gasteiger partial charge in [-0.15, -0.1) is 0 Å². The third-order valence-corrected chi connectivity index (χ3v) is 1.88. The summed E-state index contributed by atoms with van der Waals surface area (Å²) in [5.41, 5.74) is 6.99. The molecule has 0 unspecified atom stereocenters. The molecule has 0 aromatic heterocycles. The van der Waals surface area contributed by atoms with Crippen LogP contribution in [-0.2, 0) is 0 Å². The lowest BCUT2D eigenvalue weighted by Crippen LogP contribution is -2.14. The number of aromatic hydroxyl groups is 1. The van der Waals surface area contributed by atoms with E-state index in [4.69, 9.17) is 10.8 Å². The first kappa shape index (κ1) is 9.77. The molecule has 1 aromatic carbocycles. The third-order valence-electron chi connectivity index (χ3n) is 1.88. The number of hydrogen-bond acceptors (Lipinski definition) is 3. The number of hydrogen-bond donors (Lipinski definition) is 3. The molecule has 0 aliphatic heterocycles. The number of aliphatic hydroxyl groups excluding tert-OH is 1. The molecule has 0 aliphatic carbocycles. The van der Waals surface area contributed by atoms with Crippen molar-refractivity contribution in [3.05, 3.63) is 35.9 Å². The molecule has 0 amide bonds. The van der Waals surface area contributed by atoms with Gasteiger partial charge in [-0.1, -0.05) is 18.7 Å². The van der Waals surface area contributed by atoms with Crippen molar-refractivity contribution in [2.24, 2.45) is 5.73 Å². The molecule has 0 bridgehead atoms. The van der Waals surface area contributed by atoms with Gasteiger partial charge in [-0.25, -0.2) is 0 Å². The lowest BCUT2D eigenvalue weighted by atomic mass is 10.0. The molecule has 0 saturated heterocycles. The fourth-order valence-electron chi connectivity index (χ4n) is 1.10. The van der Waals surface area contributed by atoms with Crippen LogP contribution >= 0.6 is 0 Å². The van der Waals surface area contributed by atoms with Gasteiger partial charge in [0.2, 0.25) is 0 Å². The van der Waals surface area contributed by atoms with Crippen molar-refractivity contribution in [1.82, 2.24) is 0 Å². The van der Waals surface area contributed by atoms with E-state index in [0.717, 1.165) is 5.56 Å². The molecule has 0 spiro atoms. The van der Waals surface area contributed by atoms with E-state index >= 15 is 0 Å². The van der Waals surface area contributed by atoms with Crippen molar-refractivity contribution in [3.8, 4) is 5.75 Å². The van der Waals surface area contributed by atoms with Crippen LogP contribution in [0.4, 0.5) is 0 Å². The fourth-order valence-corrected chi connectivity index (χ4v) is 1.10. The highest BCUT2D eigenvalue weighted by Gasteiger charge is 2.09. The molecule has 0 aliphatic rings. The number of phenolic OH excluding ortho intramolecular Hbond substituents is 1. The van der Waals surface area contributed by atoms with Crippen LogP contribution in [0.3, 0.4) is 0 Å². The predicted octanol–water partition coefficient (Wildman–Crippen LogP) is 1.03. The number of phenols is 1. The maximum absolute atomic E-state index is 9.41. The molecule has 4 N–H and O–H groups in total. The van der Waals surface area contributed by atoms with Crippen molar-refractivity contribution in [1.29, 1.82) is 0 Å². The largest absolute Gasteiger partial charge is 0.508 e. The summed E-state index contributed by atoms with van der Waals surface area (Å²) in [5.74, 6) is 0.104. The Balaban J connectivity index is 3.10. The zero-order valence-corrected chi connectivity index (χ0v) is 7.27.